The monoisotopic (exact) mass is 349 g/mol. The Morgan fingerprint density at radius 1 is 1.17 bits per heavy atom. The lowest BCUT2D eigenvalue weighted by Gasteiger charge is -2.14. The molecule has 0 aliphatic rings. The second kappa shape index (κ2) is 8.99. The quantitative estimate of drug-likeness (QED) is 0.592. The Balaban J connectivity index is 2.96. The van der Waals surface area contributed by atoms with Crippen LogP contribution in [0.25, 0.3) is 0 Å². The smallest absolute Gasteiger partial charge is 0.462 e. The van der Waals surface area contributed by atoms with E-state index in [1.807, 2.05) is 6.92 Å². The van der Waals surface area contributed by atoms with Crippen molar-refractivity contribution in [2.24, 2.45) is 0 Å². The van der Waals surface area contributed by atoms with E-state index < -0.39 is 24.2 Å². The van der Waals surface area contributed by atoms with Gasteiger partial charge < -0.3 is 14.2 Å². The first kappa shape index (κ1) is 19.6. The normalized spacial score (nSPS) is 10.9. The molecular formula is C15H18F3NO5. The first-order valence-electron chi connectivity index (χ1n) is 7.27. The van der Waals surface area contributed by atoms with E-state index in [2.05, 4.69) is 10.1 Å². The number of esters is 1. The van der Waals surface area contributed by atoms with Crippen molar-refractivity contribution in [2.75, 3.05) is 18.5 Å². The minimum atomic E-state index is -4.90. The topological polar surface area (TPSA) is 73.9 Å². The predicted octanol–water partition coefficient (Wildman–Crippen LogP) is 4.11. The van der Waals surface area contributed by atoms with Gasteiger partial charge in [0, 0.05) is 0 Å². The Hall–Kier alpha value is -2.45. The Morgan fingerprint density at radius 2 is 1.88 bits per heavy atom. The van der Waals surface area contributed by atoms with Crippen molar-refractivity contribution >= 4 is 17.7 Å². The van der Waals surface area contributed by atoms with E-state index >= 15 is 0 Å². The number of halogens is 3. The van der Waals surface area contributed by atoms with Crippen molar-refractivity contribution in [3.63, 3.8) is 0 Å². The first-order chi connectivity index (χ1) is 11.3. The molecule has 0 bridgehead atoms. The van der Waals surface area contributed by atoms with E-state index in [4.69, 9.17) is 9.47 Å². The molecule has 0 aromatic heterocycles. The minimum absolute atomic E-state index is 0.0174. The number of amides is 1. The van der Waals surface area contributed by atoms with Crippen molar-refractivity contribution in [3.8, 4) is 5.75 Å². The first-order valence-corrected chi connectivity index (χ1v) is 7.27. The van der Waals surface area contributed by atoms with Gasteiger partial charge >= 0.3 is 18.4 Å². The molecule has 1 rings (SSSR count). The molecule has 1 amide bonds. The summed E-state index contributed by atoms with van der Waals surface area (Å²) in [7, 11) is 0. The van der Waals surface area contributed by atoms with E-state index in [0.717, 1.165) is 24.6 Å². The average Bonchev–Trinajstić information content (AvgIpc) is 2.47. The summed E-state index contributed by atoms with van der Waals surface area (Å²) in [5, 5.41) is 2.30. The lowest BCUT2D eigenvalue weighted by atomic mass is 10.1. The number of carbonyl (C=O) groups excluding carboxylic acids is 2. The zero-order chi connectivity index (χ0) is 18.2. The van der Waals surface area contributed by atoms with Crippen molar-refractivity contribution in [1.82, 2.24) is 0 Å². The molecular weight excluding hydrogens is 331 g/mol. The summed E-state index contributed by atoms with van der Waals surface area (Å²) < 4.78 is 50.2. The molecule has 1 aromatic rings. The third-order valence-electron chi connectivity index (χ3n) is 2.69. The molecule has 0 aliphatic carbocycles. The largest absolute Gasteiger partial charge is 0.573 e. The summed E-state index contributed by atoms with van der Waals surface area (Å²) in [6.07, 6.45) is -4.24. The Morgan fingerprint density at radius 3 is 2.46 bits per heavy atom. The molecule has 0 saturated heterocycles. The number of unbranched alkanes of at least 4 members (excludes halogenated alkanes) is 1. The average molecular weight is 349 g/mol. The number of benzene rings is 1. The van der Waals surface area contributed by atoms with Gasteiger partial charge in [-0.15, -0.1) is 13.2 Å². The Kier molecular flexibility index (Phi) is 7.34. The Bertz CT molecular complexity index is 575. The van der Waals surface area contributed by atoms with Gasteiger partial charge in [-0.25, -0.2) is 9.59 Å². The van der Waals surface area contributed by atoms with Crippen LogP contribution >= 0.6 is 0 Å². The van der Waals surface area contributed by atoms with Crippen LogP contribution in [0.1, 0.15) is 37.0 Å². The third kappa shape index (κ3) is 6.76. The van der Waals surface area contributed by atoms with Gasteiger partial charge in [0.25, 0.3) is 0 Å². The van der Waals surface area contributed by atoms with Crippen molar-refractivity contribution < 1.29 is 37.0 Å². The molecule has 0 unspecified atom stereocenters. The number of alkyl halides is 3. The molecule has 6 nitrogen and oxygen atoms in total. The molecule has 1 aromatic carbocycles. The predicted molar refractivity (Wildman–Crippen MR) is 79.0 cm³/mol. The fraction of sp³-hybridized carbons (Fsp3) is 0.467. The SMILES string of the molecule is CCCCOC(=O)Nc1ccc(OC(F)(F)F)cc1C(=O)OCC. The van der Waals surface area contributed by atoms with Gasteiger partial charge in [0.05, 0.1) is 24.5 Å². The molecule has 0 spiro atoms. The van der Waals surface area contributed by atoms with E-state index in [9.17, 15) is 22.8 Å². The van der Waals surface area contributed by atoms with Crippen molar-refractivity contribution in [1.29, 1.82) is 0 Å². The van der Waals surface area contributed by atoms with Gasteiger partial charge in [-0.05, 0) is 31.5 Å². The van der Waals surface area contributed by atoms with Gasteiger partial charge in [-0.1, -0.05) is 13.3 Å². The van der Waals surface area contributed by atoms with Gasteiger partial charge in [-0.2, -0.15) is 0 Å². The summed E-state index contributed by atoms with van der Waals surface area (Å²) in [6.45, 7) is 3.66. The molecule has 1 N–H and O–H groups in total. The minimum Gasteiger partial charge on any atom is -0.462 e. The van der Waals surface area contributed by atoms with Crippen LogP contribution in [0.15, 0.2) is 18.2 Å². The summed E-state index contributed by atoms with van der Waals surface area (Å²) in [4.78, 5) is 23.5. The van der Waals surface area contributed by atoms with Crippen molar-refractivity contribution in [3.05, 3.63) is 23.8 Å². The number of rotatable bonds is 7. The zero-order valence-corrected chi connectivity index (χ0v) is 13.2. The standard InChI is InChI=1S/C15H18F3NO5/c1-3-5-8-23-14(21)19-12-7-6-10(24-15(16,17)18)9-11(12)13(20)22-4-2/h6-7,9H,3-5,8H2,1-2H3,(H,19,21). The van der Waals surface area contributed by atoms with E-state index in [0.29, 0.717) is 6.42 Å². The number of carbonyl (C=O) groups is 2. The van der Waals surface area contributed by atoms with Gasteiger partial charge in [0.15, 0.2) is 0 Å². The second-order valence-corrected chi connectivity index (χ2v) is 4.59. The highest BCUT2D eigenvalue weighted by molar-refractivity contribution is 6.00. The molecule has 0 heterocycles. The van der Waals surface area contributed by atoms with Crippen molar-refractivity contribution in [2.45, 2.75) is 33.1 Å². The maximum Gasteiger partial charge on any atom is 0.573 e. The van der Waals surface area contributed by atoms with E-state index in [1.165, 1.54) is 0 Å². The van der Waals surface area contributed by atoms with Crippen LogP contribution in [0, 0.1) is 0 Å². The van der Waals surface area contributed by atoms with Crippen LogP contribution in [-0.2, 0) is 9.47 Å². The van der Waals surface area contributed by atoms with E-state index in [-0.39, 0.29) is 24.5 Å². The molecule has 24 heavy (non-hydrogen) atoms. The highest BCUT2D eigenvalue weighted by Gasteiger charge is 2.31. The molecule has 9 heteroatoms. The number of hydrogen-bond donors (Lipinski definition) is 1. The number of anilines is 1. The molecule has 0 aliphatic heterocycles. The van der Waals surface area contributed by atoms with Gasteiger partial charge in [0.2, 0.25) is 0 Å². The molecule has 0 radical (unpaired) electrons. The number of ether oxygens (including phenoxy) is 3. The molecule has 134 valence electrons. The summed E-state index contributed by atoms with van der Waals surface area (Å²) in [5.74, 6) is -1.50. The fourth-order valence-corrected chi connectivity index (χ4v) is 1.66. The van der Waals surface area contributed by atoms with Gasteiger partial charge in [-0.3, -0.25) is 5.32 Å². The van der Waals surface area contributed by atoms with Crippen LogP contribution < -0.4 is 10.1 Å². The summed E-state index contributed by atoms with van der Waals surface area (Å²) in [6, 6.07) is 2.92. The molecule has 0 saturated carbocycles. The van der Waals surface area contributed by atoms with Crippen LogP contribution in [0.4, 0.5) is 23.7 Å². The number of hydrogen-bond acceptors (Lipinski definition) is 5. The molecule has 0 atom stereocenters. The lowest BCUT2D eigenvalue weighted by molar-refractivity contribution is -0.274. The highest BCUT2D eigenvalue weighted by atomic mass is 19.4. The van der Waals surface area contributed by atoms with Gasteiger partial charge in [0.1, 0.15) is 5.75 Å². The zero-order valence-electron chi connectivity index (χ0n) is 13.2. The van der Waals surface area contributed by atoms with Crippen LogP contribution in [0.3, 0.4) is 0 Å². The van der Waals surface area contributed by atoms with Crippen LogP contribution in [-0.4, -0.2) is 31.6 Å². The Labute approximate surface area is 136 Å². The highest BCUT2D eigenvalue weighted by Crippen LogP contribution is 2.28. The maximum absolute atomic E-state index is 12.3. The van der Waals surface area contributed by atoms with Crippen LogP contribution in [0.2, 0.25) is 0 Å². The summed E-state index contributed by atoms with van der Waals surface area (Å²) >= 11 is 0. The van der Waals surface area contributed by atoms with Crippen LogP contribution in [0.5, 0.6) is 5.75 Å². The number of nitrogens with one attached hydrogen (secondary N) is 1. The second-order valence-electron chi connectivity index (χ2n) is 4.59. The fourth-order valence-electron chi connectivity index (χ4n) is 1.66. The van der Waals surface area contributed by atoms with E-state index in [1.54, 1.807) is 6.92 Å². The lowest BCUT2D eigenvalue weighted by Crippen LogP contribution is -2.19. The maximum atomic E-state index is 12.3. The third-order valence-corrected chi connectivity index (χ3v) is 2.69. The molecule has 0 fully saturated rings. The summed E-state index contributed by atoms with van der Waals surface area (Å²) in [5.41, 5.74) is -0.310.